The van der Waals surface area contributed by atoms with Gasteiger partial charge >= 0.3 is 5.97 Å². The third kappa shape index (κ3) is 4.38. The summed E-state index contributed by atoms with van der Waals surface area (Å²) < 4.78 is 0. The molecule has 1 rings (SSSR count). The lowest BCUT2D eigenvalue weighted by molar-refractivity contribution is -0.140. The van der Waals surface area contributed by atoms with Crippen molar-refractivity contribution in [3.8, 4) is 0 Å². The first-order chi connectivity index (χ1) is 9.31. The van der Waals surface area contributed by atoms with Crippen molar-refractivity contribution in [2.75, 3.05) is 16.8 Å². The van der Waals surface area contributed by atoms with Gasteiger partial charge in [-0.3, -0.25) is 14.4 Å². The first kappa shape index (κ1) is 15.7. The van der Waals surface area contributed by atoms with Crippen LogP contribution in [0, 0.1) is 5.92 Å². The summed E-state index contributed by atoms with van der Waals surface area (Å²) in [5, 5.41) is 11.6. The second-order valence-electron chi connectivity index (χ2n) is 4.60. The van der Waals surface area contributed by atoms with E-state index >= 15 is 0 Å². The molecule has 0 spiro atoms. The number of nitrogens with zero attached hydrogens (tertiary/aromatic N) is 1. The van der Waals surface area contributed by atoms with Gasteiger partial charge in [-0.2, -0.15) is 0 Å². The Balaban J connectivity index is 3.00. The van der Waals surface area contributed by atoms with Crippen molar-refractivity contribution >= 4 is 29.2 Å². The van der Waals surface area contributed by atoms with Crippen molar-refractivity contribution in [2.24, 2.45) is 5.92 Å². The molecule has 108 valence electrons. The summed E-state index contributed by atoms with van der Waals surface area (Å²) in [6.07, 6.45) is 0. The van der Waals surface area contributed by atoms with Gasteiger partial charge in [-0.05, 0) is 18.2 Å². The Hall–Kier alpha value is -2.37. The number of nitrogens with one attached hydrogen (secondary N) is 1. The monoisotopic (exact) mass is 278 g/mol. The van der Waals surface area contributed by atoms with E-state index in [0.29, 0.717) is 11.4 Å². The summed E-state index contributed by atoms with van der Waals surface area (Å²) >= 11 is 0. The Morgan fingerprint density at radius 3 is 2.45 bits per heavy atom. The summed E-state index contributed by atoms with van der Waals surface area (Å²) in [6, 6.07) is 6.73. The number of carbonyl (C=O) groups is 3. The molecule has 1 atom stereocenters. The highest BCUT2D eigenvalue weighted by molar-refractivity contribution is 5.94. The maximum atomic E-state index is 11.7. The first-order valence-corrected chi connectivity index (χ1v) is 6.20. The molecular weight excluding hydrogens is 260 g/mol. The van der Waals surface area contributed by atoms with E-state index in [0.717, 1.165) is 0 Å². The molecule has 0 fully saturated rings. The minimum Gasteiger partial charge on any atom is -0.481 e. The number of carboxylic acids is 1. The van der Waals surface area contributed by atoms with Crippen LogP contribution in [0.5, 0.6) is 0 Å². The van der Waals surface area contributed by atoms with Crippen molar-refractivity contribution in [1.82, 2.24) is 0 Å². The van der Waals surface area contributed by atoms with Crippen LogP contribution in [0.3, 0.4) is 0 Å². The summed E-state index contributed by atoms with van der Waals surface area (Å²) in [5.41, 5.74) is 1.11. The van der Waals surface area contributed by atoms with Crippen molar-refractivity contribution in [1.29, 1.82) is 0 Å². The zero-order valence-electron chi connectivity index (χ0n) is 11.7. The first-order valence-electron chi connectivity index (χ1n) is 6.20. The largest absolute Gasteiger partial charge is 0.481 e. The number of amides is 2. The predicted octanol–water partition coefficient (Wildman–Crippen LogP) is 1.72. The summed E-state index contributed by atoms with van der Waals surface area (Å²) in [7, 11) is 0. The van der Waals surface area contributed by atoms with Crippen LogP contribution in [0.4, 0.5) is 11.4 Å². The molecule has 0 aliphatic heterocycles. The Bertz CT molecular complexity index is 528. The number of aliphatic carboxylic acids is 1. The van der Waals surface area contributed by atoms with E-state index in [9.17, 15) is 14.4 Å². The van der Waals surface area contributed by atoms with E-state index in [1.54, 1.807) is 24.3 Å². The van der Waals surface area contributed by atoms with Gasteiger partial charge in [0.15, 0.2) is 0 Å². The minimum atomic E-state index is -0.964. The molecule has 2 N–H and O–H groups in total. The number of carboxylic acid groups (broad SMARTS) is 1. The molecule has 0 aliphatic rings. The number of carbonyl (C=O) groups excluding carboxylic acids is 2. The van der Waals surface area contributed by atoms with Crippen LogP contribution >= 0.6 is 0 Å². The topological polar surface area (TPSA) is 86.7 Å². The zero-order valence-corrected chi connectivity index (χ0v) is 11.7. The number of hydrogen-bond donors (Lipinski definition) is 2. The molecule has 0 aromatic heterocycles. The molecule has 6 nitrogen and oxygen atoms in total. The van der Waals surface area contributed by atoms with Crippen LogP contribution in [-0.4, -0.2) is 29.4 Å². The Morgan fingerprint density at radius 1 is 1.30 bits per heavy atom. The highest BCUT2D eigenvalue weighted by Crippen LogP contribution is 2.21. The van der Waals surface area contributed by atoms with E-state index in [-0.39, 0.29) is 18.4 Å². The van der Waals surface area contributed by atoms with Crippen LogP contribution in [-0.2, 0) is 14.4 Å². The quantitative estimate of drug-likeness (QED) is 0.858. The van der Waals surface area contributed by atoms with Crippen LogP contribution < -0.4 is 10.2 Å². The normalized spacial score (nSPS) is 11.6. The zero-order chi connectivity index (χ0) is 15.3. The van der Waals surface area contributed by atoms with Crippen LogP contribution in [0.1, 0.15) is 20.8 Å². The van der Waals surface area contributed by atoms with Gasteiger partial charge in [-0.15, -0.1) is 0 Å². The lowest BCUT2D eigenvalue weighted by atomic mass is 10.1. The van der Waals surface area contributed by atoms with Crippen molar-refractivity contribution in [3.05, 3.63) is 24.3 Å². The fourth-order valence-corrected chi connectivity index (χ4v) is 1.72. The molecule has 20 heavy (non-hydrogen) atoms. The molecular formula is C14H18N2O4. The highest BCUT2D eigenvalue weighted by atomic mass is 16.4. The van der Waals surface area contributed by atoms with E-state index in [4.69, 9.17) is 5.11 Å². The van der Waals surface area contributed by atoms with Gasteiger partial charge in [0.2, 0.25) is 11.8 Å². The highest BCUT2D eigenvalue weighted by Gasteiger charge is 2.19. The molecule has 0 saturated carbocycles. The third-order valence-electron chi connectivity index (χ3n) is 2.74. The van der Waals surface area contributed by atoms with E-state index in [1.807, 2.05) is 0 Å². The van der Waals surface area contributed by atoms with Gasteiger partial charge in [-0.1, -0.05) is 13.0 Å². The summed E-state index contributed by atoms with van der Waals surface area (Å²) in [6.45, 7) is 4.38. The molecule has 1 unspecified atom stereocenters. The number of rotatable bonds is 5. The van der Waals surface area contributed by atoms with Gasteiger partial charge in [0, 0.05) is 31.8 Å². The molecule has 0 saturated heterocycles. The predicted molar refractivity (Wildman–Crippen MR) is 75.6 cm³/mol. The molecule has 0 aliphatic carbocycles. The van der Waals surface area contributed by atoms with Crippen LogP contribution in [0.2, 0.25) is 0 Å². The number of benzene rings is 1. The maximum Gasteiger partial charge on any atom is 0.308 e. The Labute approximate surface area is 117 Å². The van der Waals surface area contributed by atoms with Gasteiger partial charge in [0.1, 0.15) is 0 Å². The van der Waals surface area contributed by atoms with Crippen LogP contribution in [0.25, 0.3) is 0 Å². The molecule has 2 amide bonds. The SMILES string of the molecule is CC(=O)Nc1cccc(N(CC(C)C(=O)O)C(C)=O)c1. The van der Waals surface area contributed by atoms with Gasteiger partial charge in [0.25, 0.3) is 0 Å². The van der Waals surface area contributed by atoms with E-state index in [2.05, 4.69) is 5.32 Å². The summed E-state index contributed by atoms with van der Waals surface area (Å²) in [4.78, 5) is 35.0. The number of hydrogen-bond acceptors (Lipinski definition) is 3. The third-order valence-corrected chi connectivity index (χ3v) is 2.74. The lowest BCUT2D eigenvalue weighted by Crippen LogP contribution is -2.35. The van der Waals surface area contributed by atoms with Gasteiger partial charge < -0.3 is 15.3 Å². The average molecular weight is 278 g/mol. The second kappa shape index (κ2) is 6.70. The van der Waals surface area contributed by atoms with Crippen molar-refractivity contribution in [3.63, 3.8) is 0 Å². The minimum absolute atomic E-state index is 0.0776. The molecule has 0 radical (unpaired) electrons. The lowest BCUT2D eigenvalue weighted by Gasteiger charge is -2.23. The van der Waals surface area contributed by atoms with Gasteiger partial charge in [-0.25, -0.2) is 0 Å². The van der Waals surface area contributed by atoms with Crippen molar-refractivity contribution < 1.29 is 19.5 Å². The average Bonchev–Trinajstić information content (AvgIpc) is 2.34. The fraction of sp³-hybridized carbons (Fsp3) is 0.357. The van der Waals surface area contributed by atoms with Crippen molar-refractivity contribution in [2.45, 2.75) is 20.8 Å². The molecule has 1 aromatic carbocycles. The maximum absolute atomic E-state index is 11.7. The van der Waals surface area contributed by atoms with Gasteiger partial charge in [0.05, 0.1) is 5.92 Å². The van der Waals surface area contributed by atoms with E-state index < -0.39 is 11.9 Å². The van der Waals surface area contributed by atoms with E-state index in [1.165, 1.54) is 25.7 Å². The smallest absolute Gasteiger partial charge is 0.308 e. The standard InChI is InChI=1S/C14H18N2O4/c1-9(14(19)20)8-16(11(3)18)13-6-4-5-12(7-13)15-10(2)17/h4-7,9H,8H2,1-3H3,(H,15,17)(H,19,20). The fourth-order valence-electron chi connectivity index (χ4n) is 1.72. The van der Waals surface area contributed by atoms with Crippen LogP contribution in [0.15, 0.2) is 24.3 Å². The molecule has 0 bridgehead atoms. The Morgan fingerprint density at radius 2 is 1.95 bits per heavy atom. The second-order valence-corrected chi connectivity index (χ2v) is 4.60. The Kier molecular flexibility index (Phi) is 5.25. The summed E-state index contributed by atoms with van der Waals surface area (Å²) in [5.74, 6) is -2.11. The molecule has 1 aromatic rings. The molecule has 0 heterocycles. The number of anilines is 2. The molecule has 6 heteroatoms.